The number of nitrogens with two attached hydrogens (primary N) is 1. The average Bonchev–Trinajstić information content (AvgIpc) is 2.32. The Morgan fingerprint density at radius 1 is 1.53 bits per heavy atom. The number of carboxylic acids is 1. The fourth-order valence-electron chi connectivity index (χ4n) is 1.42. The summed E-state index contributed by atoms with van der Waals surface area (Å²) in [5.74, 6) is -1.30. The molecule has 0 aliphatic rings. The van der Waals surface area contributed by atoms with Crippen molar-refractivity contribution in [2.75, 3.05) is 24.6 Å². The highest BCUT2D eigenvalue weighted by Gasteiger charge is 2.19. The van der Waals surface area contributed by atoms with Crippen LogP contribution >= 0.6 is 11.6 Å². The van der Waals surface area contributed by atoms with Gasteiger partial charge in [0.2, 0.25) is 5.91 Å². The van der Waals surface area contributed by atoms with E-state index in [1.165, 1.54) is 4.90 Å². The summed E-state index contributed by atoms with van der Waals surface area (Å²) >= 11 is 5.78. The van der Waals surface area contributed by atoms with Crippen LogP contribution in [0.4, 0.5) is 11.4 Å². The number of carbonyl (C=O) groups excluding carboxylic acids is 1. The largest absolute Gasteiger partial charge is 0.480 e. The van der Waals surface area contributed by atoms with Crippen molar-refractivity contribution in [2.45, 2.75) is 13.0 Å². The van der Waals surface area contributed by atoms with Crippen molar-refractivity contribution in [3.63, 3.8) is 0 Å². The van der Waals surface area contributed by atoms with Crippen LogP contribution < -0.4 is 11.1 Å². The van der Waals surface area contributed by atoms with E-state index >= 15 is 0 Å². The number of anilines is 2. The number of likely N-dealkylation sites (N-methyl/N-ethyl adjacent to an activating group) is 1. The van der Waals surface area contributed by atoms with Gasteiger partial charge in [-0.25, -0.2) is 0 Å². The van der Waals surface area contributed by atoms with Crippen molar-refractivity contribution in [1.82, 2.24) is 4.90 Å². The Hall–Kier alpha value is -1.79. The van der Waals surface area contributed by atoms with E-state index in [1.807, 2.05) is 0 Å². The van der Waals surface area contributed by atoms with Crippen molar-refractivity contribution in [3.05, 3.63) is 23.2 Å². The second kappa shape index (κ2) is 6.40. The summed E-state index contributed by atoms with van der Waals surface area (Å²) in [5.41, 5.74) is 6.51. The molecule has 0 bridgehead atoms. The number of hydrogen-bond donors (Lipinski definition) is 3. The third kappa shape index (κ3) is 4.42. The van der Waals surface area contributed by atoms with Gasteiger partial charge in [-0.05, 0) is 32.2 Å². The molecule has 0 heterocycles. The molecule has 1 amide bonds. The smallest absolute Gasteiger partial charge is 0.317 e. The highest BCUT2D eigenvalue weighted by molar-refractivity contribution is 6.33. The molecule has 1 atom stereocenters. The van der Waals surface area contributed by atoms with Gasteiger partial charge in [-0.1, -0.05) is 11.6 Å². The summed E-state index contributed by atoms with van der Waals surface area (Å²) in [6, 6.07) is 4.18. The number of aliphatic carboxylic acids is 1. The van der Waals surface area contributed by atoms with Crippen molar-refractivity contribution in [2.24, 2.45) is 0 Å². The van der Waals surface area contributed by atoms with E-state index in [0.29, 0.717) is 16.4 Å². The number of hydrogen-bond acceptors (Lipinski definition) is 4. The number of nitrogen functional groups attached to an aromatic ring is 1. The van der Waals surface area contributed by atoms with Crippen LogP contribution in [0, 0.1) is 0 Å². The van der Waals surface area contributed by atoms with Gasteiger partial charge in [-0.2, -0.15) is 0 Å². The van der Waals surface area contributed by atoms with Gasteiger partial charge in [0.05, 0.1) is 23.3 Å². The molecule has 104 valence electrons. The summed E-state index contributed by atoms with van der Waals surface area (Å²) in [4.78, 5) is 23.9. The molecule has 0 aromatic heterocycles. The number of carboxylic acid groups (broad SMARTS) is 1. The van der Waals surface area contributed by atoms with E-state index in [4.69, 9.17) is 22.4 Å². The Balaban J connectivity index is 2.68. The van der Waals surface area contributed by atoms with Crippen LogP contribution in [0.2, 0.25) is 5.02 Å². The fraction of sp³-hybridized carbons (Fsp3) is 0.333. The number of rotatable bonds is 5. The molecule has 4 N–H and O–H groups in total. The van der Waals surface area contributed by atoms with Gasteiger partial charge in [-0.15, -0.1) is 0 Å². The summed E-state index contributed by atoms with van der Waals surface area (Å²) in [6.45, 7) is 1.41. The molecule has 0 aliphatic heterocycles. The van der Waals surface area contributed by atoms with Crippen LogP contribution in [0.5, 0.6) is 0 Å². The van der Waals surface area contributed by atoms with Crippen LogP contribution in [-0.2, 0) is 9.59 Å². The molecule has 0 aliphatic carbocycles. The minimum Gasteiger partial charge on any atom is -0.480 e. The molecule has 1 unspecified atom stereocenters. The molecule has 1 rings (SSSR count). The number of benzene rings is 1. The minimum absolute atomic E-state index is 0.211. The molecule has 6 nitrogen and oxygen atoms in total. The maximum Gasteiger partial charge on any atom is 0.317 e. The summed E-state index contributed by atoms with van der Waals surface area (Å²) in [6.07, 6.45) is 0. The van der Waals surface area contributed by atoms with Gasteiger partial charge in [0, 0.05) is 5.69 Å². The summed E-state index contributed by atoms with van der Waals surface area (Å²) < 4.78 is 0. The van der Waals surface area contributed by atoms with Gasteiger partial charge in [0.15, 0.2) is 0 Å². The van der Waals surface area contributed by atoms with Crippen LogP contribution in [0.1, 0.15) is 6.92 Å². The molecular formula is C12H16ClN3O3. The second-order valence-electron chi connectivity index (χ2n) is 4.21. The second-order valence-corrected chi connectivity index (χ2v) is 4.62. The monoisotopic (exact) mass is 285 g/mol. The first-order valence-corrected chi connectivity index (χ1v) is 5.97. The summed E-state index contributed by atoms with van der Waals surface area (Å²) in [7, 11) is 1.56. The van der Waals surface area contributed by atoms with Gasteiger partial charge < -0.3 is 16.2 Å². The molecule has 19 heavy (non-hydrogen) atoms. The van der Waals surface area contributed by atoms with E-state index < -0.39 is 12.0 Å². The number of halogens is 1. The lowest BCUT2D eigenvalue weighted by Crippen LogP contribution is -2.42. The van der Waals surface area contributed by atoms with Crippen molar-refractivity contribution < 1.29 is 14.7 Å². The lowest BCUT2D eigenvalue weighted by atomic mass is 10.2. The van der Waals surface area contributed by atoms with E-state index in [1.54, 1.807) is 32.2 Å². The number of carbonyl (C=O) groups is 2. The fourth-order valence-corrected chi connectivity index (χ4v) is 1.54. The molecule has 1 aromatic carbocycles. The lowest BCUT2D eigenvalue weighted by molar-refractivity contribution is -0.138. The zero-order valence-corrected chi connectivity index (χ0v) is 11.4. The van der Waals surface area contributed by atoms with Gasteiger partial charge >= 0.3 is 5.97 Å². The number of amides is 1. The molecule has 7 heteroatoms. The lowest BCUT2D eigenvalue weighted by Gasteiger charge is -2.22. The Kier molecular flexibility index (Phi) is 5.14. The maximum absolute atomic E-state index is 11.9. The topological polar surface area (TPSA) is 95.7 Å². The van der Waals surface area contributed by atoms with Crippen molar-refractivity contribution in [3.8, 4) is 0 Å². The SMILES string of the molecule is CC(C(=O)Nc1ccc(Cl)c(N)c1)N(C)CC(=O)O. The molecule has 0 saturated heterocycles. The Morgan fingerprint density at radius 3 is 2.68 bits per heavy atom. The van der Waals surface area contributed by atoms with Gasteiger partial charge in [-0.3, -0.25) is 14.5 Å². The predicted molar refractivity (Wildman–Crippen MR) is 74.2 cm³/mol. The third-order valence-corrected chi connectivity index (χ3v) is 3.03. The maximum atomic E-state index is 11.9. The van der Waals surface area contributed by atoms with Crippen molar-refractivity contribution >= 4 is 34.9 Å². The van der Waals surface area contributed by atoms with Crippen LogP contribution in [0.15, 0.2) is 18.2 Å². The van der Waals surface area contributed by atoms with Crippen LogP contribution in [-0.4, -0.2) is 41.5 Å². The van der Waals surface area contributed by atoms with Gasteiger partial charge in [0.1, 0.15) is 0 Å². The first kappa shape index (κ1) is 15.3. The first-order chi connectivity index (χ1) is 8.81. The standard InChI is InChI=1S/C12H16ClN3O3/c1-7(16(2)6-11(17)18)12(19)15-8-3-4-9(13)10(14)5-8/h3-5,7H,6,14H2,1-2H3,(H,15,19)(H,17,18). The molecule has 0 spiro atoms. The first-order valence-electron chi connectivity index (χ1n) is 5.59. The predicted octanol–water partition coefficient (Wildman–Crippen LogP) is 1.27. The van der Waals surface area contributed by atoms with Crippen molar-refractivity contribution in [1.29, 1.82) is 0 Å². The normalized spacial score (nSPS) is 12.2. The molecule has 0 fully saturated rings. The number of nitrogens with zero attached hydrogens (tertiary/aromatic N) is 1. The van der Waals surface area contributed by atoms with Gasteiger partial charge in [0.25, 0.3) is 0 Å². The highest BCUT2D eigenvalue weighted by atomic mass is 35.5. The Morgan fingerprint density at radius 2 is 2.16 bits per heavy atom. The quantitative estimate of drug-likeness (QED) is 0.708. The zero-order chi connectivity index (χ0) is 14.6. The molecule has 1 aromatic rings. The zero-order valence-electron chi connectivity index (χ0n) is 10.7. The highest BCUT2D eigenvalue weighted by Crippen LogP contribution is 2.22. The third-order valence-electron chi connectivity index (χ3n) is 2.69. The summed E-state index contributed by atoms with van der Waals surface area (Å²) in [5, 5.41) is 11.7. The molecule has 0 saturated carbocycles. The van der Waals surface area contributed by atoms with E-state index in [0.717, 1.165) is 0 Å². The van der Waals surface area contributed by atoms with E-state index in [2.05, 4.69) is 5.32 Å². The Labute approximate surface area is 116 Å². The van der Waals surface area contributed by atoms with E-state index in [9.17, 15) is 9.59 Å². The van der Waals surface area contributed by atoms with Crippen LogP contribution in [0.3, 0.4) is 0 Å². The van der Waals surface area contributed by atoms with Crippen LogP contribution in [0.25, 0.3) is 0 Å². The Bertz CT molecular complexity index is 493. The molecular weight excluding hydrogens is 270 g/mol. The molecule has 0 radical (unpaired) electrons. The van der Waals surface area contributed by atoms with E-state index in [-0.39, 0.29) is 12.5 Å². The number of nitrogens with one attached hydrogen (secondary N) is 1. The average molecular weight is 286 g/mol. The minimum atomic E-state index is -0.988.